The first-order valence-electron chi connectivity index (χ1n) is 4.96. The highest BCUT2D eigenvalue weighted by molar-refractivity contribution is 7.85. The van der Waals surface area contributed by atoms with Gasteiger partial charge in [-0.2, -0.15) is 8.42 Å². The Balaban J connectivity index is 2.66. The van der Waals surface area contributed by atoms with Crippen LogP contribution < -0.4 is 11.3 Å². The van der Waals surface area contributed by atoms with Crippen LogP contribution in [0.2, 0.25) is 0 Å². The van der Waals surface area contributed by atoms with E-state index in [1.165, 1.54) is 24.3 Å². The number of H-pyrrole nitrogens is 1. The third-order valence-electron chi connectivity index (χ3n) is 2.49. The molecule has 0 saturated carbocycles. The van der Waals surface area contributed by atoms with Gasteiger partial charge in [0.2, 0.25) is 0 Å². The Morgan fingerprint density at radius 3 is 2.56 bits per heavy atom. The fourth-order valence-corrected chi connectivity index (χ4v) is 2.04. The van der Waals surface area contributed by atoms with Crippen molar-refractivity contribution in [3.63, 3.8) is 0 Å². The number of nitrogens with two attached hydrogens (primary N) is 1. The molecule has 0 atom stereocenters. The number of aryl methyl sites for hydroxylation is 1. The number of rotatable bonds is 2. The van der Waals surface area contributed by atoms with E-state index in [2.05, 4.69) is 5.10 Å². The summed E-state index contributed by atoms with van der Waals surface area (Å²) in [5.74, 6) is 0. The molecular formula is C10H11N3O4S. The van der Waals surface area contributed by atoms with Crippen LogP contribution in [0, 0.1) is 6.92 Å². The second-order valence-corrected chi connectivity index (χ2v) is 5.19. The molecule has 4 N–H and O–H groups in total. The largest absolute Gasteiger partial charge is 0.393 e. The Bertz CT molecular complexity index is 758. The van der Waals surface area contributed by atoms with Crippen LogP contribution in [0.3, 0.4) is 0 Å². The van der Waals surface area contributed by atoms with E-state index in [9.17, 15) is 13.2 Å². The average molecular weight is 269 g/mol. The zero-order valence-electron chi connectivity index (χ0n) is 9.41. The predicted molar refractivity (Wildman–Crippen MR) is 65.4 cm³/mol. The third-order valence-corrected chi connectivity index (χ3v) is 3.34. The summed E-state index contributed by atoms with van der Waals surface area (Å²) in [5.41, 5.74) is 5.88. The van der Waals surface area contributed by atoms with Gasteiger partial charge in [-0.25, -0.2) is 4.68 Å². The maximum atomic E-state index is 11.7. The normalized spacial score (nSPS) is 11.7. The van der Waals surface area contributed by atoms with Gasteiger partial charge in [0.25, 0.3) is 15.7 Å². The first-order valence-corrected chi connectivity index (χ1v) is 6.40. The molecule has 18 heavy (non-hydrogen) atoms. The van der Waals surface area contributed by atoms with Crippen molar-refractivity contribution in [2.45, 2.75) is 11.8 Å². The lowest BCUT2D eigenvalue weighted by molar-refractivity contribution is 0.483. The van der Waals surface area contributed by atoms with Crippen molar-refractivity contribution in [1.29, 1.82) is 0 Å². The maximum absolute atomic E-state index is 11.7. The molecule has 1 aromatic carbocycles. The standard InChI is InChI=1S/C10H11N3O4S/c1-6-9(11)10(14)13(12-6)7-3-2-4-8(5-7)18(15,16)17/h2-5,12H,11H2,1H3,(H,15,16,17). The highest BCUT2D eigenvalue weighted by atomic mass is 32.2. The van der Waals surface area contributed by atoms with Crippen LogP contribution in [0.4, 0.5) is 5.69 Å². The molecule has 0 bridgehead atoms. The number of aromatic amines is 1. The number of nitrogens with zero attached hydrogens (tertiary/aromatic N) is 1. The van der Waals surface area contributed by atoms with Crippen LogP contribution in [-0.2, 0) is 10.1 Å². The van der Waals surface area contributed by atoms with Gasteiger partial charge in [-0.1, -0.05) is 6.07 Å². The van der Waals surface area contributed by atoms with Crippen LogP contribution in [0.1, 0.15) is 5.69 Å². The number of nitrogens with one attached hydrogen (secondary N) is 1. The second-order valence-electron chi connectivity index (χ2n) is 3.76. The van der Waals surface area contributed by atoms with Gasteiger partial charge in [0, 0.05) is 0 Å². The molecule has 8 heteroatoms. The van der Waals surface area contributed by atoms with Gasteiger partial charge in [0.15, 0.2) is 0 Å². The van der Waals surface area contributed by atoms with Gasteiger partial charge in [0.05, 0.1) is 16.3 Å². The Hall–Kier alpha value is -2.06. The lowest BCUT2D eigenvalue weighted by Crippen LogP contribution is -2.17. The number of nitrogen functional groups attached to an aromatic ring is 1. The van der Waals surface area contributed by atoms with E-state index < -0.39 is 15.7 Å². The first kappa shape index (κ1) is 12.4. The van der Waals surface area contributed by atoms with Gasteiger partial charge in [-0.3, -0.25) is 14.4 Å². The molecule has 0 radical (unpaired) electrons. The van der Waals surface area contributed by atoms with Crippen LogP contribution in [-0.4, -0.2) is 22.8 Å². The van der Waals surface area contributed by atoms with Crippen molar-refractivity contribution < 1.29 is 13.0 Å². The molecule has 0 aliphatic rings. The number of hydrogen-bond acceptors (Lipinski definition) is 4. The molecule has 7 nitrogen and oxygen atoms in total. The van der Waals surface area contributed by atoms with Gasteiger partial charge >= 0.3 is 0 Å². The third kappa shape index (κ3) is 2.03. The molecule has 96 valence electrons. The van der Waals surface area contributed by atoms with E-state index in [4.69, 9.17) is 10.3 Å². The highest BCUT2D eigenvalue weighted by Crippen LogP contribution is 2.14. The molecule has 0 amide bonds. The Labute approximate surface area is 103 Å². The number of benzene rings is 1. The molecule has 0 unspecified atom stereocenters. The minimum absolute atomic E-state index is 0.0623. The number of aromatic nitrogens is 2. The summed E-state index contributed by atoms with van der Waals surface area (Å²) < 4.78 is 32.1. The highest BCUT2D eigenvalue weighted by Gasteiger charge is 2.13. The summed E-state index contributed by atoms with van der Waals surface area (Å²) in [6.07, 6.45) is 0. The molecule has 1 aromatic heterocycles. The van der Waals surface area contributed by atoms with Gasteiger partial charge in [-0.15, -0.1) is 0 Å². The zero-order chi connectivity index (χ0) is 13.5. The van der Waals surface area contributed by atoms with E-state index in [0.29, 0.717) is 5.69 Å². The molecule has 2 rings (SSSR count). The van der Waals surface area contributed by atoms with Crippen LogP contribution >= 0.6 is 0 Å². The second kappa shape index (κ2) is 4.00. The molecule has 2 aromatic rings. The van der Waals surface area contributed by atoms with E-state index in [1.54, 1.807) is 6.92 Å². The van der Waals surface area contributed by atoms with Gasteiger partial charge in [-0.05, 0) is 25.1 Å². The fraction of sp³-hybridized carbons (Fsp3) is 0.100. The van der Waals surface area contributed by atoms with Crippen molar-refractivity contribution in [1.82, 2.24) is 9.78 Å². The lowest BCUT2D eigenvalue weighted by atomic mass is 10.3. The molecular weight excluding hydrogens is 258 g/mol. The minimum atomic E-state index is -4.31. The molecule has 0 spiro atoms. The number of hydrogen-bond donors (Lipinski definition) is 3. The summed E-state index contributed by atoms with van der Waals surface area (Å²) in [5, 5.41) is 2.71. The summed E-state index contributed by atoms with van der Waals surface area (Å²) in [7, 11) is -4.31. The van der Waals surface area contributed by atoms with Crippen molar-refractivity contribution in [3.8, 4) is 5.69 Å². The quantitative estimate of drug-likeness (QED) is 0.678. The van der Waals surface area contributed by atoms with Gasteiger partial charge in [0.1, 0.15) is 5.69 Å². The minimum Gasteiger partial charge on any atom is -0.393 e. The smallest absolute Gasteiger partial charge is 0.294 e. The summed E-state index contributed by atoms with van der Waals surface area (Å²) in [4.78, 5) is 11.5. The fourth-order valence-electron chi connectivity index (χ4n) is 1.52. The predicted octanol–water partition coefficient (Wildman–Crippen LogP) is 0.303. The van der Waals surface area contributed by atoms with Crippen LogP contribution in [0.5, 0.6) is 0 Å². The maximum Gasteiger partial charge on any atom is 0.294 e. The summed E-state index contributed by atoms with van der Waals surface area (Å²) in [6, 6.07) is 5.33. The van der Waals surface area contributed by atoms with Crippen LogP contribution in [0.25, 0.3) is 5.69 Å². The zero-order valence-corrected chi connectivity index (χ0v) is 10.2. The van der Waals surface area contributed by atoms with Crippen molar-refractivity contribution in [3.05, 3.63) is 40.3 Å². The van der Waals surface area contributed by atoms with Gasteiger partial charge < -0.3 is 5.73 Å². The topological polar surface area (TPSA) is 118 Å². The van der Waals surface area contributed by atoms with Crippen molar-refractivity contribution in [2.75, 3.05) is 5.73 Å². The first-order chi connectivity index (χ1) is 8.30. The van der Waals surface area contributed by atoms with E-state index in [1.807, 2.05) is 0 Å². The SMILES string of the molecule is Cc1[nH]n(-c2cccc(S(=O)(=O)O)c2)c(=O)c1N. The van der Waals surface area contributed by atoms with Crippen molar-refractivity contribution >= 4 is 15.8 Å². The average Bonchev–Trinajstić information content (AvgIpc) is 2.56. The molecule has 0 fully saturated rings. The molecule has 0 aliphatic heterocycles. The number of anilines is 1. The Morgan fingerprint density at radius 1 is 1.39 bits per heavy atom. The van der Waals surface area contributed by atoms with E-state index in [-0.39, 0.29) is 16.3 Å². The Kier molecular flexibility index (Phi) is 2.76. The molecule has 1 heterocycles. The van der Waals surface area contributed by atoms with Crippen LogP contribution in [0.15, 0.2) is 34.0 Å². The molecule has 0 aliphatic carbocycles. The Morgan fingerprint density at radius 2 is 2.06 bits per heavy atom. The summed E-state index contributed by atoms with van der Waals surface area (Å²) >= 11 is 0. The lowest BCUT2D eigenvalue weighted by Gasteiger charge is -2.03. The van der Waals surface area contributed by atoms with E-state index in [0.717, 1.165) is 4.68 Å². The summed E-state index contributed by atoms with van der Waals surface area (Å²) in [6.45, 7) is 1.62. The van der Waals surface area contributed by atoms with E-state index >= 15 is 0 Å². The monoisotopic (exact) mass is 269 g/mol. The molecule has 0 saturated heterocycles. The van der Waals surface area contributed by atoms with Crippen molar-refractivity contribution in [2.24, 2.45) is 0 Å².